The Labute approximate surface area is 199 Å². The first kappa shape index (κ1) is 22.7. The van der Waals surface area contributed by atoms with E-state index in [1.807, 2.05) is 30.3 Å². The number of Topliss-reactive ketones (excluding diaryl/α,β-unsaturated/α-hetero) is 1. The average Bonchev–Trinajstić information content (AvgIpc) is 2.84. The van der Waals surface area contributed by atoms with Crippen molar-refractivity contribution in [2.45, 2.75) is 69.8 Å². The summed E-state index contributed by atoms with van der Waals surface area (Å²) in [6, 6.07) is 16.4. The number of benzene rings is 2. The van der Waals surface area contributed by atoms with Crippen LogP contribution in [-0.2, 0) is 14.3 Å². The van der Waals surface area contributed by atoms with Gasteiger partial charge in [0.1, 0.15) is 17.8 Å². The molecule has 1 unspecified atom stereocenters. The molecule has 3 atom stereocenters. The summed E-state index contributed by atoms with van der Waals surface area (Å²) in [5.41, 5.74) is 3.21. The van der Waals surface area contributed by atoms with E-state index in [-0.39, 0.29) is 17.8 Å². The Hall–Kier alpha value is -3.08. The van der Waals surface area contributed by atoms with E-state index in [9.17, 15) is 9.59 Å². The van der Waals surface area contributed by atoms with Gasteiger partial charge in [0.25, 0.3) is 0 Å². The zero-order valence-corrected chi connectivity index (χ0v) is 19.5. The van der Waals surface area contributed by atoms with E-state index >= 15 is 4.39 Å². The maximum absolute atomic E-state index is 15.1. The molecule has 4 nitrogen and oxygen atoms in total. The molecule has 1 aliphatic heterocycles. The molecule has 2 aromatic carbocycles. The van der Waals surface area contributed by atoms with Gasteiger partial charge in [-0.15, -0.1) is 0 Å². The number of esters is 1. The summed E-state index contributed by atoms with van der Waals surface area (Å²) in [6.07, 6.45) is 5.75. The number of halogens is 1. The number of nitrogens with zero attached hydrogens (tertiary/aromatic N) is 1. The van der Waals surface area contributed by atoms with Crippen LogP contribution >= 0.6 is 0 Å². The van der Waals surface area contributed by atoms with Gasteiger partial charge in [-0.2, -0.15) is 0 Å². The highest BCUT2D eigenvalue weighted by molar-refractivity contribution is 6.09. The van der Waals surface area contributed by atoms with E-state index < -0.39 is 23.6 Å². The van der Waals surface area contributed by atoms with Gasteiger partial charge in [-0.1, -0.05) is 55.0 Å². The molecule has 176 valence electrons. The van der Waals surface area contributed by atoms with E-state index in [0.717, 1.165) is 37.7 Å². The van der Waals surface area contributed by atoms with Crippen LogP contribution in [0.15, 0.2) is 70.9 Å². The predicted octanol–water partition coefficient (Wildman–Crippen LogP) is 6.28. The van der Waals surface area contributed by atoms with Crippen LogP contribution in [0.1, 0.15) is 74.8 Å². The van der Waals surface area contributed by atoms with Crippen LogP contribution in [0.4, 0.5) is 4.39 Å². The molecule has 0 saturated heterocycles. The number of rotatable bonds is 4. The molecule has 2 aliphatic carbocycles. The molecule has 0 radical (unpaired) electrons. The van der Waals surface area contributed by atoms with Crippen molar-refractivity contribution in [2.24, 2.45) is 10.9 Å². The van der Waals surface area contributed by atoms with Crippen molar-refractivity contribution in [3.8, 4) is 0 Å². The maximum atomic E-state index is 15.1. The molecule has 1 fully saturated rings. The molecule has 2 aromatic rings. The van der Waals surface area contributed by atoms with Crippen molar-refractivity contribution >= 4 is 17.5 Å². The van der Waals surface area contributed by atoms with Crippen LogP contribution in [0, 0.1) is 11.7 Å². The highest BCUT2D eigenvalue weighted by atomic mass is 19.1. The SMILES string of the molecule is CC1=NC2=C(C(=O)C[C@H](c3ccccc3)C2)[C@@H](c2ccccc2F)C1C(=O)OC1CCCCC1. The molecule has 0 bridgehead atoms. The summed E-state index contributed by atoms with van der Waals surface area (Å²) < 4.78 is 21.0. The third-order valence-electron chi connectivity index (χ3n) is 7.49. The fourth-order valence-corrected chi connectivity index (χ4v) is 5.81. The number of ketones is 1. The molecule has 0 N–H and O–H groups in total. The number of carbonyl (C=O) groups excluding carboxylic acids is 2. The zero-order chi connectivity index (χ0) is 23.7. The predicted molar refractivity (Wildman–Crippen MR) is 129 cm³/mol. The summed E-state index contributed by atoms with van der Waals surface area (Å²) in [5, 5.41) is 0. The highest BCUT2D eigenvalue weighted by Crippen LogP contribution is 2.47. The maximum Gasteiger partial charge on any atom is 0.315 e. The second-order valence-corrected chi connectivity index (χ2v) is 9.73. The van der Waals surface area contributed by atoms with Crippen molar-refractivity contribution in [2.75, 3.05) is 0 Å². The summed E-state index contributed by atoms with van der Waals surface area (Å²) in [7, 11) is 0. The Morgan fingerprint density at radius 2 is 1.68 bits per heavy atom. The minimum atomic E-state index is -0.796. The highest BCUT2D eigenvalue weighted by Gasteiger charge is 2.46. The molecule has 3 aliphatic rings. The summed E-state index contributed by atoms with van der Waals surface area (Å²) >= 11 is 0. The number of allylic oxidation sites excluding steroid dienone is 2. The summed E-state index contributed by atoms with van der Waals surface area (Å²) in [4.78, 5) is 31.8. The minimum absolute atomic E-state index is 0.0241. The Morgan fingerprint density at radius 3 is 2.41 bits per heavy atom. The number of aliphatic imine (C=N–C) groups is 1. The van der Waals surface area contributed by atoms with Gasteiger partial charge >= 0.3 is 5.97 Å². The van der Waals surface area contributed by atoms with Crippen molar-refractivity contribution in [1.82, 2.24) is 0 Å². The molecule has 34 heavy (non-hydrogen) atoms. The van der Waals surface area contributed by atoms with Crippen molar-refractivity contribution in [3.63, 3.8) is 0 Å². The molecular formula is C29H30FNO3. The van der Waals surface area contributed by atoms with E-state index in [1.54, 1.807) is 25.1 Å². The van der Waals surface area contributed by atoms with Crippen molar-refractivity contribution < 1.29 is 18.7 Å². The molecule has 1 heterocycles. The third-order valence-corrected chi connectivity index (χ3v) is 7.49. The van der Waals surface area contributed by atoms with Gasteiger partial charge in [-0.25, -0.2) is 4.39 Å². The molecule has 1 saturated carbocycles. The van der Waals surface area contributed by atoms with Crippen LogP contribution in [0.5, 0.6) is 0 Å². The Balaban J connectivity index is 1.54. The fourth-order valence-electron chi connectivity index (χ4n) is 5.81. The van der Waals surface area contributed by atoms with Gasteiger partial charge in [-0.05, 0) is 62.1 Å². The van der Waals surface area contributed by atoms with Gasteiger partial charge in [0, 0.05) is 29.3 Å². The number of ether oxygens (including phenoxy) is 1. The molecule has 5 rings (SSSR count). The quantitative estimate of drug-likeness (QED) is 0.506. The normalized spacial score (nSPS) is 25.5. The van der Waals surface area contributed by atoms with Crippen LogP contribution in [-0.4, -0.2) is 23.6 Å². The molecule has 0 aromatic heterocycles. The van der Waals surface area contributed by atoms with E-state index in [1.165, 1.54) is 6.07 Å². The molecular weight excluding hydrogens is 429 g/mol. The third kappa shape index (κ3) is 4.36. The summed E-state index contributed by atoms with van der Waals surface area (Å²) in [5.74, 6) is -2.36. The van der Waals surface area contributed by atoms with E-state index in [4.69, 9.17) is 9.73 Å². The van der Waals surface area contributed by atoms with Gasteiger partial charge in [0.15, 0.2) is 5.78 Å². The van der Waals surface area contributed by atoms with Gasteiger partial charge in [-0.3, -0.25) is 14.6 Å². The standard InChI is InChI=1S/C29H30FNO3/c1-18-26(29(33)34-21-12-6-3-7-13-21)27(22-14-8-9-15-23(22)30)28-24(31-18)16-20(17-25(28)32)19-10-4-2-5-11-19/h2,4-5,8-11,14-15,20-21,26-27H,3,6-7,12-13,16-17H2,1H3/t20-,26?,27+/m1/s1. The van der Waals surface area contributed by atoms with Crippen LogP contribution in [0.3, 0.4) is 0 Å². The van der Waals surface area contributed by atoms with E-state index in [0.29, 0.717) is 35.4 Å². The number of hydrogen-bond donors (Lipinski definition) is 0. The first-order valence-corrected chi connectivity index (χ1v) is 12.3. The number of hydrogen-bond acceptors (Lipinski definition) is 4. The second kappa shape index (κ2) is 9.65. The van der Waals surface area contributed by atoms with Gasteiger partial charge < -0.3 is 4.74 Å². The van der Waals surface area contributed by atoms with Gasteiger partial charge in [0.2, 0.25) is 0 Å². The summed E-state index contributed by atoms with van der Waals surface area (Å²) in [6.45, 7) is 1.81. The largest absolute Gasteiger partial charge is 0.462 e. The topological polar surface area (TPSA) is 55.7 Å². The Bertz CT molecular complexity index is 1150. The van der Waals surface area contributed by atoms with Crippen molar-refractivity contribution in [3.05, 3.63) is 82.8 Å². The Kier molecular flexibility index (Phi) is 6.44. The van der Waals surface area contributed by atoms with Crippen LogP contribution in [0.25, 0.3) is 0 Å². The lowest BCUT2D eigenvalue weighted by Gasteiger charge is -2.37. The lowest BCUT2D eigenvalue weighted by Crippen LogP contribution is -2.39. The smallest absolute Gasteiger partial charge is 0.315 e. The first-order valence-electron chi connectivity index (χ1n) is 12.3. The second-order valence-electron chi connectivity index (χ2n) is 9.73. The van der Waals surface area contributed by atoms with Crippen LogP contribution < -0.4 is 0 Å². The van der Waals surface area contributed by atoms with E-state index in [2.05, 4.69) is 0 Å². The van der Waals surface area contributed by atoms with Crippen LogP contribution in [0.2, 0.25) is 0 Å². The number of carbonyl (C=O) groups is 2. The Morgan fingerprint density at radius 1 is 0.971 bits per heavy atom. The molecule has 0 amide bonds. The monoisotopic (exact) mass is 459 g/mol. The molecule has 5 heteroatoms. The van der Waals surface area contributed by atoms with Crippen molar-refractivity contribution in [1.29, 1.82) is 0 Å². The zero-order valence-electron chi connectivity index (χ0n) is 19.5. The lowest BCUT2D eigenvalue weighted by molar-refractivity contribution is -0.153. The molecule has 0 spiro atoms. The first-order chi connectivity index (χ1) is 16.5. The van der Waals surface area contributed by atoms with Gasteiger partial charge in [0.05, 0.1) is 0 Å². The minimum Gasteiger partial charge on any atom is -0.462 e. The lowest BCUT2D eigenvalue weighted by atomic mass is 9.69. The average molecular weight is 460 g/mol. The fraction of sp³-hybridized carbons (Fsp3) is 0.414.